The summed E-state index contributed by atoms with van der Waals surface area (Å²) in [7, 11) is -1.88. The van der Waals surface area contributed by atoms with Crippen molar-refractivity contribution in [2.45, 2.75) is 55.5 Å². The first-order chi connectivity index (χ1) is 27.0. The van der Waals surface area contributed by atoms with E-state index in [1.807, 2.05) is 37.4 Å². The summed E-state index contributed by atoms with van der Waals surface area (Å²) in [5.41, 5.74) is 5.08. The van der Waals surface area contributed by atoms with Gasteiger partial charge in [0.2, 0.25) is 21.9 Å². The van der Waals surface area contributed by atoms with E-state index in [9.17, 15) is 23.3 Å². The summed E-state index contributed by atoms with van der Waals surface area (Å²) >= 11 is 5.89. The van der Waals surface area contributed by atoms with Gasteiger partial charge in [-0.25, -0.2) is 23.2 Å². The van der Waals surface area contributed by atoms with E-state index < -0.39 is 16.1 Å². The molecule has 3 saturated heterocycles. The van der Waals surface area contributed by atoms with Crippen molar-refractivity contribution in [2.75, 3.05) is 42.9 Å². The minimum absolute atomic E-state index is 0.0432. The molecule has 0 spiro atoms. The normalized spacial score (nSPS) is 17.9. The smallest absolute Gasteiger partial charge is 0.329 e. The summed E-state index contributed by atoms with van der Waals surface area (Å²) in [6, 6.07) is 21.0. The third kappa shape index (κ3) is 7.70. The van der Waals surface area contributed by atoms with Crippen molar-refractivity contribution in [3.05, 3.63) is 94.8 Å². The van der Waals surface area contributed by atoms with Crippen molar-refractivity contribution in [2.24, 2.45) is 7.05 Å². The van der Waals surface area contributed by atoms with Crippen LogP contribution in [0.4, 0.5) is 16.6 Å². The number of piperidine rings is 2. The van der Waals surface area contributed by atoms with Crippen molar-refractivity contribution < 1.29 is 18.0 Å². The zero-order chi connectivity index (χ0) is 39.0. The van der Waals surface area contributed by atoms with E-state index in [1.54, 1.807) is 22.9 Å². The first-order valence-corrected chi connectivity index (χ1v) is 20.6. The van der Waals surface area contributed by atoms with Gasteiger partial charge in [-0.3, -0.25) is 24.6 Å². The summed E-state index contributed by atoms with van der Waals surface area (Å²) in [5.74, 6) is 1.12. The van der Waals surface area contributed by atoms with Gasteiger partial charge in [-0.2, -0.15) is 14.7 Å². The van der Waals surface area contributed by atoms with Crippen LogP contribution in [0.25, 0.3) is 22.0 Å². The van der Waals surface area contributed by atoms with E-state index in [4.69, 9.17) is 11.6 Å². The maximum absolute atomic E-state index is 13.7. The number of nitrogens with zero attached hydrogens (tertiary/aromatic N) is 8. The number of rotatable bonds is 9. The summed E-state index contributed by atoms with van der Waals surface area (Å²) in [5, 5.41) is 21.8. The molecule has 8 rings (SSSR count). The van der Waals surface area contributed by atoms with Gasteiger partial charge in [0.05, 0.1) is 39.5 Å². The molecule has 14 nitrogen and oxygen atoms in total. The minimum atomic E-state index is -3.75. The molecule has 3 amide bonds. The monoisotopic (exact) mass is 792 g/mol. The second-order valence-electron chi connectivity index (χ2n) is 14.6. The molecule has 2 N–H and O–H groups in total. The Balaban J connectivity index is 0.891. The van der Waals surface area contributed by atoms with Crippen LogP contribution in [0.3, 0.4) is 0 Å². The number of aryl methyl sites for hydroxylation is 1. The zero-order valence-electron chi connectivity index (χ0n) is 30.9. The summed E-state index contributed by atoms with van der Waals surface area (Å²) in [6.07, 6.45) is 6.45. The van der Waals surface area contributed by atoms with Crippen LogP contribution in [0, 0.1) is 11.3 Å². The lowest BCUT2D eigenvalue weighted by Gasteiger charge is -2.32. The van der Waals surface area contributed by atoms with Gasteiger partial charge in [-0.05, 0) is 97.3 Å². The SMILES string of the molecule is Cn1nc(N2CCC(=O)NC2=O)c2ccc(C3CCN(Cc4ccc(-c5cccc(S(=O)(=O)N6CCC(Nc7ncc(Cl)cn7)CC6)c5)c(C#N)c4)CC3)cc21. The highest BCUT2D eigenvalue weighted by atomic mass is 35.5. The summed E-state index contributed by atoms with van der Waals surface area (Å²) < 4.78 is 30.8. The standard InChI is InChI=1S/C40H41ClN10O4S/c1-48-36-21-28(6-8-35(36)38(47-48)51-18-13-37(52)46-40(51)53)27-9-14-49(15-10-27)25-26-5-7-34(30(19-26)22-42)29-3-2-4-33(20-29)56(54,55)50-16-11-32(12-17-50)45-39-43-23-31(41)24-44-39/h2-8,19-21,23-24,27,32H,9-18,25H2,1H3,(H,43,44,45)(H,46,52,53). The number of fused-ring (bicyclic) bond motifs is 1. The number of amides is 3. The molecule has 0 aliphatic carbocycles. The van der Waals surface area contributed by atoms with E-state index in [0.29, 0.717) is 78.4 Å². The molecule has 3 fully saturated rings. The molecular formula is C40H41ClN10O4S. The zero-order valence-corrected chi connectivity index (χ0v) is 32.4. The minimum Gasteiger partial charge on any atom is -0.351 e. The van der Waals surface area contributed by atoms with Gasteiger partial charge >= 0.3 is 6.03 Å². The second kappa shape index (κ2) is 15.6. The lowest BCUT2D eigenvalue weighted by Crippen LogP contribution is -2.49. The first-order valence-electron chi connectivity index (χ1n) is 18.7. The molecule has 0 bridgehead atoms. The maximum atomic E-state index is 13.7. The quantitative estimate of drug-likeness (QED) is 0.190. The van der Waals surface area contributed by atoms with Crippen LogP contribution in [-0.2, 0) is 28.4 Å². The fraction of sp³-hybridized carbons (Fsp3) is 0.350. The van der Waals surface area contributed by atoms with Crippen LogP contribution in [-0.4, -0.2) is 88.1 Å². The number of imide groups is 1. The number of hydrogen-bond acceptors (Lipinski definition) is 10. The van der Waals surface area contributed by atoms with Crippen LogP contribution in [0.5, 0.6) is 0 Å². The molecule has 0 atom stereocenters. The molecule has 56 heavy (non-hydrogen) atoms. The van der Waals surface area contributed by atoms with Crippen molar-refractivity contribution in [1.82, 2.24) is 34.3 Å². The van der Waals surface area contributed by atoms with Crippen molar-refractivity contribution in [3.63, 3.8) is 0 Å². The summed E-state index contributed by atoms with van der Waals surface area (Å²) in [4.78, 5) is 36.7. The Morgan fingerprint density at radius 2 is 1.71 bits per heavy atom. The molecule has 3 aliphatic rings. The van der Waals surface area contributed by atoms with E-state index in [1.165, 1.54) is 27.2 Å². The van der Waals surface area contributed by atoms with E-state index in [0.717, 1.165) is 42.4 Å². The number of benzene rings is 3. The molecule has 0 saturated carbocycles. The molecule has 0 unspecified atom stereocenters. The molecule has 5 heterocycles. The molecular weight excluding hydrogens is 752 g/mol. The van der Waals surface area contributed by atoms with Gasteiger partial charge in [0.1, 0.15) is 0 Å². The third-order valence-electron chi connectivity index (χ3n) is 11.0. The highest BCUT2D eigenvalue weighted by Crippen LogP contribution is 2.35. The molecule has 16 heteroatoms. The Labute approximate surface area is 330 Å². The fourth-order valence-corrected chi connectivity index (χ4v) is 9.59. The predicted molar refractivity (Wildman–Crippen MR) is 213 cm³/mol. The number of carbonyl (C=O) groups is 2. The van der Waals surface area contributed by atoms with Gasteiger partial charge in [0.25, 0.3) is 0 Å². The molecule has 5 aromatic rings. The Morgan fingerprint density at radius 3 is 2.45 bits per heavy atom. The van der Waals surface area contributed by atoms with Crippen molar-refractivity contribution in [3.8, 4) is 17.2 Å². The molecule has 3 aliphatic heterocycles. The number of hydrogen-bond donors (Lipinski definition) is 2. The van der Waals surface area contributed by atoms with Crippen molar-refractivity contribution in [1.29, 1.82) is 5.26 Å². The number of aromatic nitrogens is 4. The molecule has 2 aromatic heterocycles. The highest BCUT2D eigenvalue weighted by Gasteiger charge is 2.31. The van der Waals surface area contributed by atoms with E-state index >= 15 is 0 Å². The Kier molecular flexibility index (Phi) is 10.5. The van der Waals surface area contributed by atoms with Gasteiger partial charge in [-0.15, -0.1) is 0 Å². The van der Waals surface area contributed by atoms with Crippen molar-refractivity contribution >= 4 is 56.2 Å². The van der Waals surface area contributed by atoms with E-state index in [2.05, 4.69) is 48.8 Å². The Morgan fingerprint density at radius 1 is 0.946 bits per heavy atom. The molecule has 288 valence electrons. The first kappa shape index (κ1) is 37.5. The average Bonchev–Trinajstić information content (AvgIpc) is 3.54. The average molecular weight is 793 g/mol. The van der Waals surface area contributed by atoms with Crippen LogP contribution >= 0.6 is 11.6 Å². The fourth-order valence-electron chi connectivity index (χ4n) is 7.97. The number of halogens is 1. The molecule has 3 aromatic carbocycles. The largest absolute Gasteiger partial charge is 0.351 e. The van der Waals surface area contributed by atoms with E-state index in [-0.39, 0.29) is 23.3 Å². The number of nitriles is 1. The summed E-state index contributed by atoms with van der Waals surface area (Å²) in [6.45, 7) is 3.52. The lowest BCUT2D eigenvalue weighted by atomic mass is 9.88. The Bertz CT molecular complexity index is 2450. The van der Waals surface area contributed by atoms with Gasteiger partial charge in [-0.1, -0.05) is 41.9 Å². The molecule has 0 radical (unpaired) electrons. The number of nitrogens with one attached hydrogen (secondary N) is 2. The number of sulfonamides is 1. The Hall–Kier alpha value is -5.40. The topological polar surface area (TPSA) is 169 Å². The maximum Gasteiger partial charge on any atom is 0.329 e. The highest BCUT2D eigenvalue weighted by molar-refractivity contribution is 7.89. The second-order valence-corrected chi connectivity index (χ2v) is 17.0. The number of carbonyl (C=O) groups excluding carboxylic acids is 2. The van der Waals surface area contributed by atoms with Gasteiger partial charge < -0.3 is 5.32 Å². The van der Waals surface area contributed by atoms with Gasteiger partial charge in [0, 0.05) is 51.1 Å². The number of anilines is 2. The van der Waals surface area contributed by atoms with Crippen LogP contribution in [0.1, 0.15) is 54.7 Å². The number of urea groups is 1. The van der Waals surface area contributed by atoms with Crippen LogP contribution in [0.2, 0.25) is 5.02 Å². The number of likely N-dealkylation sites (tertiary alicyclic amines) is 1. The lowest BCUT2D eigenvalue weighted by molar-refractivity contribution is -0.120. The van der Waals surface area contributed by atoms with Crippen LogP contribution in [0.15, 0.2) is 78.0 Å². The van der Waals surface area contributed by atoms with Gasteiger partial charge in [0.15, 0.2) is 5.82 Å². The van der Waals surface area contributed by atoms with Crippen LogP contribution < -0.4 is 15.5 Å². The predicted octanol–water partition coefficient (Wildman–Crippen LogP) is 5.65. The third-order valence-corrected chi connectivity index (χ3v) is 13.1.